The van der Waals surface area contributed by atoms with E-state index in [0.717, 1.165) is 11.6 Å². The highest BCUT2D eigenvalue weighted by Crippen LogP contribution is 2.16. The van der Waals surface area contributed by atoms with Gasteiger partial charge in [-0.15, -0.1) is 0 Å². The maximum atomic E-state index is 11.8. The maximum Gasteiger partial charge on any atom is 0.454 e. The zero-order valence-electron chi connectivity index (χ0n) is 9.57. The molecule has 0 radical (unpaired) electrons. The first-order chi connectivity index (χ1) is 8.43. The molecule has 5 heteroatoms. The van der Waals surface area contributed by atoms with Crippen LogP contribution in [0.3, 0.4) is 0 Å². The van der Waals surface area contributed by atoms with Crippen LogP contribution in [0.25, 0.3) is 6.08 Å². The quantitative estimate of drug-likeness (QED) is 0.609. The fourth-order valence-corrected chi connectivity index (χ4v) is 1.12. The van der Waals surface area contributed by atoms with Crippen LogP contribution in [0.4, 0.5) is 13.2 Å². The van der Waals surface area contributed by atoms with Crippen molar-refractivity contribution < 1.29 is 22.7 Å². The van der Waals surface area contributed by atoms with Gasteiger partial charge in [0.1, 0.15) is 5.75 Å². The van der Waals surface area contributed by atoms with Gasteiger partial charge in [-0.1, -0.05) is 30.4 Å². The number of carbonyl (C=O) groups excluding carboxylic acids is 1. The molecular weight excluding hydrogens is 245 g/mol. The molecule has 0 N–H and O–H groups in total. The molecule has 96 valence electrons. The van der Waals surface area contributed by atoms with Gasteiger partial charge in [0.25, 0.3) is 5.78 Å². The number of alkyl halides is 3. The van der Waals surface area contributed by atoms with Crippen LogP contribution in [0, 0.1) is 0 Å². The summed E-state index contributed by atoms with van der Waals surface area (Å²) >= 11 is 0. The van der Waals surface area contributed by atoms with Crippen molar-refractivity contribution >= 4 is 11.9 Å². The van der Waals surface area contributed by atoms with Crippen LogP contribution < -0.4 is 4.74 Å². The van der Waals surface area contributed by atoms with Crippen LogP contribution in [-0.2, 0) is 4.79 Å². The summed E-state index contributed by atoms with van der Waals surface area (Å²) in [6.45, 7) is 0. The third-order valence-electron chi connectivity index (χ3n) is 2.04. The molecule has 0 bridgehead atoms. The molecule has 0 amide bonds. The van der Waals surface area contributed by atoms with Gasteiger partial charge in [0, 0.05) is 0 Å². The highest BCUT2D eigenvalue weighted by atomic mass is 19.4. The van der Waals surface area contributed by atoms with Crippen molar-refractivity contribution in [1.29, 1.82) is 0 Å². The lowest BCUT2D eigenvalue weighted by molar-refractivity contribution is -0.165. The summed E-state index contributed by atoms with van der Waals surface area (Å²) in [6.07, 6.45) is -0.324. The maximum absolute atomic E-state index is 11.8. The van der Waals surface area contributed by atoms with E-state index in [9.17, 15) is 18.0 Å². The summed E-state index contributed by atoms with van der Waals surface area (Å²) < 4.78 is 40.5. The molecule has 0 heterocycles. The second kappa shape index (κ2) is 6.05. The first kappa shape index (κ1) is 14.0. The highest BCUT2D eigenvalue weighted by Gasteiger charge is 2.35. The zero-order valence-corrected chi connectivity index (χ0v) is 9.57. The van der Waals surface area contributed by atoms with Crippen LogP contribution in [0.1, 0.15) is 5.56 Å². The average Bonchev–Trinajstić information content (AvgIpc) is 2.34. The van der Waals surface area contributed by atoms with Gasteiger partial charge < -0.3 is 4.74 Å². The van der Waals surface area contributed by atoms with Gasteiger partial charge in [-0.25, -0.2) is 0 Å². The number of carbonyl (C=O) groups is 1. The Morgan fingerprint density at radius 2 is 1.78 bits per heavy atom. The third kappa shape index (κ3) is 4.45. The number of hydrogen-bond acceptors (Lipinski definition) is 2. The second-order valence-corrected chi connectivity index (χ2v) is 3.35. The van der Waals surface area contributed by atoms with E-state index in [-0.39, 0.29) is 0 Å². The van der Waals surface area contributed by atoms with E-state index in [1.165, 1.54) is 13.2 Å². The summed E-state index contributed by atoms with van der Waals surface area (Å²) in [6, 6.07) is 6.94. The average molecular weight is 256 g/mol. The molecule has 0 fully saturated rings. The lowest BCUT2D eigenvalue weighted by Crippen LogP contribution is -2.19. The van der Waals surface area contributed by atoms with E-state index in [1.807, 2.05) is 0 Å². The van der Waals surface area contributed by atoms with Crippen molar-refractivity contribution in [2.45, 2.75) is 6.18 Å². The predicted octanol–water partition coefficient (Wildman–Crippen LogP) is 3.40. The Morgan fingerprint density at radius 3 is 2.28 bits per heavy atom. The second-order valence-electron chi connectivity index (χ2n) is 3.35. The number of ether oxygens (including phenoxy) is 1. The largest absolute Gasteiger partial charge is 0.497 e. The zero-order chi connectivity index (χ0) is 13.6. The number of halogens is 3. The van der Waals surface area contributed by atoms with Crippen LogP contribution in [-0.4, -0.2) is 19.1 Å². The van der Waals surface area contributed by atoms with Gasteiger partial charge >= 0.3 is 6.18 Å². The minimum Gasteiger partial charge on any atom is -0.497 e. The molecule has 1 aromatic carbocycles. The van der Waals surface area contributed by atoms with E-state index in [2.05, 4.69) is 0 Å². The molecular formula is C13H11F3O2. The molecule has 0 aromatic heterocycles. The molecule has 0 unspecified atom stereocenters. The molecule has 1 rings (SSSR count). The molecule has 18 heavy (non-hydrogen) atoms. The summed E-state index contributed by atoms with van der Waals surface area (Å²) in [5, 5.41) is 0. The Balaban J connectivity index is 2.59. The summed E-state index contributed by atoms with van der Waals surface area (Å²) in [5.41, 5.74) is 0.792. The number of methoxy groups -OCH3 is 1. The standard InChI is InChI=1S/C13H11F3O2/c1-18-11-8-6-10(7-9-11)4-2-3-5-12(17)13(14,15)16/h2-9H,1H3/b4-2+,5-3+. The van der Waals surface area contributed by atoms with Gasteiger partial charge in [0.05, 0.1) is 7.11 Å². The number of hydrogen-bond donors (Lipinski definition) is 0. The SMILES string of the molecule is COc1ccc(/C=C/C=C/C(=O)C(F)(F)F)cc1. The molecule has 0 atom stereocenters. The monoisotopic (exact) mass is 256 g/mol. The van der Waals surface area contributed by atoms with E-state index in [4.69, 9.17) is 4.74 Å². The Kier molecular flexibility index (Phi) is 4.71. The fraction of sp³-hybridized carbons (Fsp3) is 0.154. The van der Waals surface area contributed by atoms with E-state index in [0.29, 0.717) is 11.8 Å². The molecule has 1 aromatic rings. The first-order valence-corrected chi connectivity index (χ1v) is 5.03. The van der Waals surface area contributed by atoms with Gasteiger partial charge in [0.15, 0.2) is 0 Å². The molecule has 0 aliphatic heterocycles. The Bertz CT molecular complexity index is 456. The third-order valence-corrected chi connectivity index (χ3v) is 2.04. The topological polar surface area (TPSA) is 26.3 Å². The van der Waals surface area contributed by atoms with Crippen molar-refractivity contribution in [3.05, 3.63) is 48.1 Å². The van der Waals surface area contributed by atoms with Crippen LogP contribution >= 0.6 is 0 Å². The number of allylic oxidation sites excluding steroid dienone is 3. The molecule has 0 aliphatic carbocycles. The van der Waals surface area contributed by atoms with Gasteiger partial charge in [-0.3, -0.25) is 4.79 Å². The summed E-state index contributed by atoms with van der Waals surface area (Å²) in [7, 11) is 1.54. The van der Waals surface area contributed by atoms with Crippen molar-refractivity contribution in [1.82, 2.24) is 0 Å². The number of benzene rings is 1. The molecule has 0 saturated carbocycles. The van der Waals surface area contributed by atoms with Crippen molar-refractivity contribution in [3.63, 3.8) is 0 Å². The summed E-state index contributed by atoms with van der Waals surface area (Å²) in [4.78, 5) is 10.5. The molecule has 0 aliphatic rings. The van der Waals surface area contributed by atoms with E-state index >= 15 is 0 Å². The van der Waals surface area contributed by atoms with Gasteiger partial charge in [0.2, 0.25) is 0 Å². The lowest BCUT2D eigenvalue weighted by atomic mass is 10.2. The summed E-state index contributed by atoms with van der Waals surface area (Å²) in [5.74, 6) is -1.18. The van der Waals surface area contributed by atoms with E-state index in [1.54, 1.807) is 30.3 Å². The molecule has 0 spiro atoms. The van der Waals surface area contributed by atoms with Crippen molar-refractivity contribution in [2.24, 2.45) is 0 Å². The predicted molar refractivity (Wildman–Crippen MR) is 62.2 cm³/mol. The van der Waals surface area contributed by atoms with Crippen LogP contribution in [0.5, 0.6) is 5.75 Å². The Morgan fingerprint density at radius 1 is 1.17 bits per heavy atom. The Hall–Kier alpha value is -2.04. The number of ketones is 1. The minimum atomic E-state index is -4.82. The van der Waals surface area contributed by atoms with Gasteiger partial charge in [-0.05, 0) is 23.8 Å². The smallest absolute Gasteiger partial charge is 0.454 e. The Labute approximate surface area is 102 Å². The highest BCUT2D eigenvalue weighted by molar-refractivity contribution is 5.94. The van der Waals surface area contributed by atoms with Crippen molar-refractivity contribution in [2.75, 3.05) is 7.11 Å². The van der Waals surface area contributed by atoms with Crippen molar-refractivity contribution in [3.8, 4) is 5.75 Å². The van der Waals surface area contributed by atoms with E-state index < -0.39 is 12.0 Å². The van der Waals surface area contributed by atoms with Gasteiger partial charge in [-0.2, -0.15) is 13.2 Å². The fourth-order valence-electron chi connectivity index (χ4n) is 1.12. The molecule has 2 nitrogen and oxygen atoms in total. The van der Waals surface area contributed by atoms with Crippen LogP contribution in [0.2, 0.25) is 0 Å². The lowest BCUT2D eigenvalue weighted by Gasteiger charge is -1.99. The van der Waals surface area contributed by atoms with Crippen LogP contribution in [0.15, 0.2) is 42.5 Å². The molecule has 0 saturated heterocycles. The minimum absolute atomic E-state index is 0.486. The first-order valence-electron chi connectivity index (χ1n) is 5.03. The normalized spacial score (nSPS) is 12.2. The number of rotatable bonds is 4.